The predicted octanol–water partition coefficient (Wildman–Crippen LogP) is 1.95. The lowest BCUT2D eigenvalue weighted by atomic mass is 10.1. The van der Waals surface area contributed by atoms with E-state index in [1.165, 1.54) is 11.6 Å². The van der Waals surface area contributed by atoms with Crippen LogP contribution in [0.2, 0.25) is 0 Å². The SMILES string of the molecule is O=C(/C=C/c1ccc(CCNC(=O)c2ccc3c(c2)OCCO3)cc1)NO. The first-order valence-corrected chi connectivity index (χ1v) is 8.54. The van der Waals surface area contributed by atoms with Crippen LogP contribution in [-0.4, -0.2) is 36.8 Å². The van der Waals surface area contributed by atoms with Gasteiger partial charge in [-0.3, -0.25) is 14.8 Å². The number of carbonyl (C=O) groups is 2. The van der Waals surface area contributed by atoms with E-state index in [2.05, 4.69) is 5.32 Å². The molecule has 2 aromatic carbocycles. The molecular formula is C20H20N2O5. The molecule has 0 bridgehead atoms. The molecule has 3 N–H and O–H groups in total. The number of nitrogens with one attached hydrogen (secondary N) is 2. The second-order valence-corrected chi connectivity index (χ2v) is 5.92. The summed E-state index contributed by atoms with van der Waals surface area (Å²) in [6, 6.07) is 12.7. The smallest absolute Gasteiger partial charge is 0.267 e. The van der Waals surface area contributed by atoms with E-state index in [1.807, 2.05) is 24.3 Å². The Labute approximate surface area is 156 Å². The van der Waals surface area contributed by atoms with Gasteiger partial charge in [0.15, 0.2) is 11.5 Å². The molecule has 1 aliphatic heterocycles. The summed E-state index contributed by atoms with van der Waals surface area (Å²) < 4.78 is 10.9. The van der Waals surface area contributed by atoms with Crippen molar-refractivity contribution in [1.82, 2.24) is 10.8 Å². The maximum Gasteiger partial charge on any atom is 0.267 e. The van der Waals surface area contributed by atoms with E-state index >= 15 is 0 Å². The van der Waals surface area contributed by atoms with Gasteiger partial charge < -0.3 is 14.8 Å². The Kier molecular flexibility index (Phi) is 6.06. The van der Waals surface area contributed by atoms with Crippen LogP contribution in [0.15, 0.2) is 48.5 Å². The summed E-state index contributed by atoms with van der Waals surface area (Å²) in [6.07, 6.45) is 3.51. The third kappa shape index (κ3) is 5.08. The first-order chi connectivity index (χ1) is 13.2. The number of ether oxygens (including phenoxy) is 2. The molecule has 3 rings (SSSR count). The highest BCUT2D eigenvalue weighted by molar-refractivity contribution is 5.95. The lowest BCUT2D eigenvalue weighted by Crippen LogP contribution is -2.26. The van der Waals surface area contributed by atoms with Crippen LogP contribution in [0, 0.1) is 0 Å². The summed E-state index contributed by atoms with van der Waals surface area (Å²) >= 11 is 0. The van der Waals surface area contributed by atoms with Gasteiger partial charge in [-0.05, 0) is 41.8 Å². The third-order valence-corrected chi connectivity index (χ3v) is 4.02. The number of carbonyl (C=O) groups excluding carboxylic acids is 2. The molecule has 0 saturated carbocycles. The minimum absolute atomic E-state index is 0.165. The Morgan fingerprint density at radius 2 is 1.78 bits per heavy atom. The molecule has 7 heteroatoms. The molecular weight excluding hydrogens is 348 g/mol. The Hall–Kier alpha value is -3.32. The van der Waals surface area contributed by atoms with Crippen LogP contribution in [0.4, 0.5) is 0 Å². The summed E-state index contributed by atoms with van der Waals surface area (Å²) in [5.74, 6) is 0.498. The molecule has 2 amide bonds. The van der Waals surface area contributed by atoms with Gasteiger partial charge >= 0.3 is 0 Å². The lowest BCUT2D eigenvalue weighted by Gasteiger charge is -2.18. The molecule has 0 atom stereocenters. The van der Waals surface area contributed by atoms with Gasteiger partial charge in [0.1, 0.15) is 13.2 Å². The quantitative estimate of drug-likeness (QED) is 0.411. The van der Waals surface area contributed by atoms with Gasteiger partial charge in [0.05, 0.1) is 0 Å². The summed E-state index contributed by atoms with van der Waals surface area (Å²) in [5.41, 5.74) is 3.96. The normalized spacial score (nSPS) is 12.6. The van der Waals surface area contributed by atoms with Crippen LogP contribution >= 0.6 is 0 Å². The zero-order chi connectivity index (χ0) is 19.1. The molecule has 2 aromatic rings. The van der Waals surface area contributed by atoms with Crippen molar-refractivity contribution in [1.29, 1.82) is 0 Å². The highest BCUT2D eigenvalue weighted by atomic mass is 16.6. The van der Waals surface area contributed by atoms with Crippen LogP contribution in [0.3, 0.4) is 0 Å². The van der Waals surface area contributed by atoms with Gasteiger partial charge in [-0.2, -0.15) is 0 Å². The first-order valence-electron chi connectivity index (χ1n) is 8.54. The average Bonchev–Trinajstić information content (AvgIpc) is 2.72. The van der Waals surface area contributed by atoms with Crippen LogP contribution in [0.5, 0.6) is 11.5 Å². The molecule has 0 radical (unpaired) electrons. The molecule has 27 heavy (non-hydrogen) atoms. The number of rotatable bonds is 6. The van der Waals surface area contributed by atoms with E-state index in [-0.39, 0.29) is 5.91 Å². The summed E-state index contributed by atoms with van der Waals surface area (Å²) in [6.45, 7) is 1.49. The number of benzene rings is 2. The second-order valence-electron chi connectivity index (χ2n) is 5.92. The number of hydroxylamine groups is 1. The van der Waals surface area contributed by atoms with E-state index in [9.17, 15) is 9.59 Å². The maximum absolute atomic E-state index is 12.3. The van der Waals surface area contributed by atoms with Gasteiger partial charge in [0.2, 0.25) is 0 Å². The van der Waals surface area contributed by atoms with E-state index in [1.54, 1.807) is 24.3 Å². The highest BCUT2D eigenvalue weighted by Gasteiger charge is 2.14. The van der Waals surface area contributed by atoms with Crippen molar-refractivity contribution >= 4 is 17.9 Å². The zero-order valence-corrected chi connectivity index (χ0v) is 14.6. The molecule has 0 unspecified atom stereocenters. The van der Waals surface area contributed by atoms with Gasteiger partial charge in [0.25, 0.3) is 11.8 Å². The fourth-order valence-electron chi connectivity index (χ4n) is 2.61. The minimum atomic E-state index is -0.582. The van der Waals surface area contributed by atoms with Gasteiger partial charge in [-0.15, -0.1) is 0 Å². The van der Waals surface area contributed by atoms with Crippen LogP contribution in [0.1, 0.15) is 21.5 Å². The summed E-state index contributed by atoms with van der Waals surface area (Å²) in [7, 11) is 0. The number of hydrogen-bond acceptors (Lipinski definition) is 5. The van der Waals surface area contributed by atoms with Crippen molar-refractivity contribution in [2.24, 2.45) is 0 Å². The maximum atomic E-state index is 12.3. The number of hydrogen-bond donors (Lipinski definition) is 3. The molecule has 140 valence electrons. The fourth-order valence-corrected chi connectivity index (χ4v) is 2.61. The molecule has 0 aromatic heterocycles. The van der Waals surface area contributed by atoms with E-state index in [0.717, 1.165) is 11.1 Å². The first kappa shape index (κ1) is 18.5. The van der Waals surface area contributed by atoms with Gasteiger partial charge in [-0.25, -0.2) is 5.48 Å². The lowest BCUT2D eigenvalue weighted by molar-refractivity contribution is -0.124. The van der Waals surface area contributed by atoms with Gasteiger partial charge in [0, 0.05) is 18.2 Å². The molecule has 1 aliphatic rings. The largest absolute Gasteiger partial charge is 0.486 e. The monoisotopic (exact) mass is 368 g/mol. The Morgan fingerprint density at radius 1 is 1.04 bits per heavy atom. The Morgan fingerprint density at radius 3 is 2.52 bits per heavy atom. The number of amides is 2. The molecule has 0 spiro atoms. The van der Waals surface area contributed by atoms with Crippen molar-refractivity contribution in [3.8, 4) is 11.5 Å². The molecule has 0 aliphatic carbocycles. The van der Waals surface area contributed by atoms with Crippen molar-refractivity contribution in [3.05, 3.63) is 65.2 Å². The minimum Gasteiger partial charge on any atom is -0.486 e. The van der Waals surface area contributed by atoms with Crippen LogP contribution < -0.4 is 20.3 Å². The molecule has 0 fully saturated rings. The topological polar surface area (TPSA) is 96.9 Å². The van der Waals surface area contributed by atoms with Gasteiger partial charge in [-0.1, -0.05) is 24.3 Å². The average molecular weight is 368 g/mol. The van der Waals surface area contributed by atoms with Crippen LogP contribution in [0.25, 0.3) is 6.08 Å². The zero-order valence-electron chi connectivity index (χ0n) is 14.6. The molecule has 7 nitrogen and oxygen atoms in total. The van der Waals surface area contributed by atoms with E-state index < -0.39 is 5.91 Å². The Balaban J connectivity index is 1.50. The van der Waals surface area contributed by atoms with Crippen molar-refractivity contribution in [3.63, 3.8) is 0 Å². The van der Waals surface area contributed by atoms with Crippen molar-refractivity contribution in [2.75, 3.05) is 19.8 Å². The highest BCUT2D eigenvalue weighted by Crippen LogP contribution is 2.30. The standard InChI is InChI=1S/C20H20N2O5/c23-19(22-25)8-5-14-1-3-15(4-2-14)9-10-21-20(24)16-6-7-17-18(13-16)27-12-11-26-17/h1-8,13,25H,9-12H2,(H,21,24)(H,22,23)/b8-5+. The second kappa shape index (κ2) is 8.86. The van der Waals surface area contributed by atoms with E-state index in [0.29, 0.717) is 43.2 Å². The summed E-state index contributed by atoms with van der Waals surface area (Å²) in [4.78, 5) is 23.2. The van der Waals surface area contributed by atoms with E-state index in [4.69, 9.17) is 14.7 Å². The Bertz CT molecular complexity index is 846. The predicted molar refractivity (Wildman–Crippen MR) is 98.9 cm³/mol. The number of fused-ring (bicyclic) bond motifs is 1. The van der Waals surface area contributed by atoms with Crippen molar-refractivity contribution < 1.29 is 24.3 Å². The molecule has 0 saturated heterocycles. The fraction of sp³-hybridized carbons (Fsp3) is 0.200. The molecule has 1 heterocycles. The van der Waals surface area contributed by atoms with Crippen LogP contribution in [-0.2, 0) is 11.2 Å². The third-order valence-electron chi connectivity index (χ3n) is 4.02. The summed E-state index contributed by atoms with van der Waals surface area (Å²) in [5, 5.41) is 11.3. The van der Waals surface area contributed by atoms with Crippen molar-refractivity contribution in [2.45, 2.75) is 6.42 Å².